The Bertz CT molecular complexity index is 330. The van der Waals surface area contributed by atoms with Gasteiger partial charge in [0.2, 0.25) is 5.91 Å². The van der Waals surface area contributed by atoms with Crippen molar-refractivity contribution in [3.8, 4) is 0 Å². The lowest BCUT2D eigenvalue weighted by Gasteiger charge is -2.26. The summed E-state index contributed by atoms with van der Waals surface area (Å²) in [7, 11) is 0. The maximum absolute atomic E-state index is 12.2. The maximum atomic E-state index is 12.2. The quantitative estimate of drug-likeness (QED) is 0.722. The molecule has 2 rings (SSSR count). The van der Waals surface area contributed by atoms with E-state index < -0.39 is 6.10 Å². The van der Waals surface area contributed by atoms with Crippen LogP contribution in [0, 0.1) is 5.92 Å². The molecular formula is C15H28N2O4. The molecule has 0 aromatic rings. The number of amides is 1. The summed E-state index contributed by atoms with van der Waals surface area (Å²) in [4.78, 5) is 14.4. The number of hydrogen-bond acceptors (Lipinski definition) is 5. The van der Waals surface area contributed by atoms with Gasteiger partial charge >= 0.3 is 0 Å². The van der Waals surface area contributed by atoms with Crippen LogP contribution in [0.15, 0.2) is 0 Å². The molecule has 122 valence electrons. The van der Waals surface area contributed by atoms with E-state index in [9.17, 15) is 9.90 Å². The first-order valence-electron chi connectivity index (χ1n) is 8.05. The number of ether oxygens (including phenoxy) is 2. The van der Waals surface area contributed by atoms with Crippen LogP contribution in [-0.2, 0) is 14.3 Å². The second-order valence-corrected chi connectivity index (χ2v) is 5.85. The summed E-state index contributed by atoms with van der Waals surface area (Å²) >= 11 is 0. The third kappa shape index (κ3) is 4.39. The highest BCUT2D eigenvalue weighted by molar-refractivity contribution is 5.79. The molecule has 0 radical (unpaired) electrons. The van der Waals surface area contributed by atoms with E-state index in [2.05, 4.69) is 24.1 Å². The average molecular weight is 300 g/mol. The molecule has 1 amide bonds. The zero-order chi connectivity index (χ0) is 15.2. The fraction of sp³-hybridized carbons (Fsp3) is 0.933. The number of nitrogens with one attached hydrogen (secondary N) is 1. The zero-order valence-corrected chi connectivity index (χ0v) is 13.1. The monoisotopic (exact) mass is 300 g/mol. The van der Waals surface area contributed by atoms with Crippen LogP contribution >= 0.6 is 0 Å². The maximum Gasteiger partial charge on any atom is 0.223 e. The number of likely N-dealkylation sites (N-methyl/N-ethyl adjacent to an activating group) is 1. The van der Waals surface area contributed by atoms with Crippen molar-refractivity contribution in [3.63, 3.8) is 0 Å². The van der Waals surface area contributed by atoms with Crippen molar-refractivity contribution in [1.82, 2.24) is 10.2 Å². The van der Waals surface area contributed by atoms with Gasteiger partial charge in [-0.1, -0.05) is 13.8 Å². The molecule has 0 aromatic carbocycles. The van der Waals surface area contributed by atoms with Crippen LogP contribution in [0.25, 0.3) is 0 Å². The number of hydrogen-bond donors (Lipinski definition) is 2. The number of carbonyl (C=O) groups excluding carboxylic acids is 1. The highest BCUT2D eigenvalue weighted by Gasteiger charge is 2.38. The minimum Gasteiger partial charge on any atom is -0.388 e. The average Bonchev–Trinajstić information content (AvgIpc) is 2.86. The normalized spacial score (nSPS) is 30.8. The summed E-state index contributed by atoms with van der Waals surface area (Å²) in [5, 5.41) is 13.3. The minimum absolute atomic E-state index is 0.00721. The standard InChI is InChI=1S/C15H28N2O4/c1-3-17(4-2)9-13-14(18)12(10-21-13)16-15(19)11-5-7-20-8-6-11/h11-14,18H,3-10H2,1-2H3,(H,16,19). The van der Waals surface area contributed by atoms with Gasteiger partial charge in [-0.25, -0.2) is 0 Å². The van der Waals surface area contributed by atoms with Gasteiger partial charge in [-0.3, -0.25) is 4.79 Å². The molecule has 2 N–H and O–H groups in total. The van der Waals surface area contributed by atoms with Gasteiger partial charge in [-0.15, -0.1) is 0 Å². The summed E-state index contributed by atoms with van der Waals surface area (Å²) in [5.74, 6) is 0.0298. The summed E-state index contributed by atoms with van der Waals surface area (Å²) < 4.78 is 10.9. The van der Waals surface area contributed by atoms with E-state index in [4.69, 9.17) is 9.47 Å². The summed E-state index contributed by atoms with van der Waals surface area (Å²) in [6.45, 7) is 8.44. The first-order chi connectivity index (χ1) is 10.2. The molecule has 2 aliphatic heterocycles. The smallest absolute Gasteiger partial charge is 0.223 e. The Morgan fingerprint density at radius 3 is 2.57 bits per heavy atom. The van der Waals surface area contributed by atoms with Gasteiger partial charge in [0.25, 0.3) is 0 Å². The van der Waals surface area contributed by atoms with Gasteiger partial charge in [-0.2, -0.15) is 0 Å². The van der Waals surface area contributed by atoms with Crippen LogP contribution in [0.4, 0.5) is 0 Å². The molecule has 6 nitrogen and oxygen atoms in total. The van der Waals surface area contributed by atoms with E-state index >= 15 is 0 Å². The van der Waals surface area contributed by atoms with Crippen LogP contribution in [0.1, 0.15) is 26.7 Å². The Hall–Kier alpha value is -0.690. The van der Waals surface area contributed by atoms with Crippen LogP contribution in [0.2, 0.25) is 0 Å². The Labute approximate surface area is 126 Å². The lowest BCUT2D eigenvalue weighted by molar-refractivity contribution is -0.129. The molecule has 2 fully saturated rings. The third-order valence-electron chi connectivity index (χ3n) is 4.54. The molecule has 6 heteroatoms. The Kier molecular flexibility index (Phi) is 6.41. The lowest BCUT2D eigenvalue weighted by Crippen LogP contribution is -2.48. The van der Waals surface area contributed by atoms with E-state index in [-0.39, 0.29) is 24.0 Å². The van der Waals surface area contributed by atoms with Crippen molar-refractivity contribution in [2.75, 3.05) is 39.5 Å². The molecule has 0 aromatic heterocycles. The van der Waals surface area contributed by atoms with Crippen molar-refractivity contribution in [2.45, 2.75) is 44.9 Å². The number of aliphatic hydroxyl groups is 1. The highest BCUT2D eigenvalue weighted by Crippen LogP contribution is 2.19. The van der Waals surface area contributed by atoms with E-state index in [1.807, 2.05) is 0 Å². The predicted molar refractivity (Wildman–Crippen MR) is 79.0 cm³/mol. The van der Waals surface area contributed by atoms with Crippen LogP contribution < -0.4 is 5.32 Å². The molecule has 3 atom stereocenters. The molecule has 0 spiro atoms. The zero-order valence-electron chi connectivity index (χ0n) is 13.1. The fourth-order valence-electron chi connectivity index (χ4n) is 2.97. The van der Waals surface area contributed by atoms with E-state index in [0.29, 0.717) is 26.4 Å². The summed E-state index contributed by atoms with van der Waals surface area (Å²) in [5.41, 5.74) is 0. The molecule has 0 saturated carbocycles. The number of carbonyl (C=O) groups is 1. The van der Waals surface area contributed by atoms with Gasteiger partial charge < -0.3 is 24.8 Å². The Morgan fingerprint density at radius 1 is 1.29 bits per heavy atom. The number of aliphatic hydroxyl groups excluding tert-OH is 1. The van der Waals surface area contributed by atoms with E-state index in [0.717, 1.165) is 25.9 Å². The van der Waals surface area contributed by atoms with Gasteiger partial charge in [0.15, 0.2) is 0 Å². The predicted octanol–water partition coefficient (Wildman–Crippen LogP) is -0.000700. The van der Waals surface area contributed by atoms with Crippen molar-refractivity contribution in [1.29, 1.82) is 0 Å². The second kappa shape index (κ2) is 8.08. The van der Waals surface area contributed by atoms with E-state index in [1.165, 1.54) is 0 Å². The van der Waals surface area contributed by atoms with Crippen LogP contribution in [0.5, 0.6) is 0 Å². The first kappa shape index (κ1) is 16.7. The van der Waals surface area contributed by atoms with Crippen LogP contribution in [0.3, 0.4) is 0 Å². The number of rotatable bonds is 6. The first-order valence-corrected chi connectivity index (χ1v) is 8.05. The molecular weight excluding hydrogens is 272 g/mol. The van der Waals surface area contributed by atoms with Crippen molar-refractivity contribution in [3.05, 3.63) is 0 Å². The Balaban J connectivity index is 1.80. The fourth-order valence-corrected chi connectivity index (χ4v) is 2.97. The Morgan fingerprint density at radius 2 is 1.95 bits per heavy atom. The minimum atomic E-state index is -0.630. The lowest BCUT2D eigenvalue weighted by atomic mass is 9.98. The molecule has 2 aliphatic rings. The molecule has 0 bridgehead atoms. The topological polar surface area (TPSA) is 71.0 Å². The summed E-state index contributed by atoms with van der Waals surface area (Å²) in [6.07, 6.45) is 0.677. The van der Waals surface area contributed by atoms with Crippen LogP contribution in [-0.4, -0.2) is 73.6 Å². The molecule has 2 saturated heterocycles. The highest BCUT2D eigenvalue weighted by atomic mass is 16.5. The molecule has 2 heterocycles. The SMILES string of the molecule is CCN(CC)CC1OCC(NC(=O)C2CCOCC2)C1O. The van der Waals surface area contributed by atoms with Gasteiger partial charge in [0.05, 0.1) is 18.8 Å². The second-order valence-electron chi connectivity index (χ2n) is 5.85. The van der Waals surface area contributed by atoms with Crippen molar-refractivity contribution >= 4 is 5.91 Å². The summed E-state index contributed by atoms with van der Waals surface area (Å²) in [6, 6.07) is -0.291. The van der Waals surface area contributed by atoms with Gasteiger partial charge in [0.1, 0.15) is 6.10 Å². The van der Waals surface area contributed by atoms with Crippen molar-refractivity contribution < 1.29 is 19.4 Å². The largest absolute Gasteiger partial charge is 0.388 e. The number of nitrogens with zero attached hydrogens (tertiary/aromatic N) is 1. The molecule has 0 aliphatic carbocycles. The van der Waals surface area contributed by atoms with Crippen molar-refractivity contribution in [2.24, 2.45) is 5.92 Å². The molecule has 3 unspecified atom stereocenters. The van der Waals surface area contributed by atoms with Gasteiger partial charge in [-0.05, 0) is 25.9 Å². The van der Waals surface area contributed by atoms with Gasteiger partial charge in [0, 0.05) is 25.7 Å². The van der Waals surface area contributed by atoms with E-state index in [1.54, 1.807) is 0 Å². The third-order valence-corrected chi connectivity index (χ3v) is 4.54. The molecule has 21 heavy (non-hydrogen) atoms.